The molecule has 1 atom stereocenters. The molecule has 2 aromatic carbocycles. The highest BCUT2D eigenvalue weighted by molar-refractivity contribution is 6.35. The van der Waals surface area contributed by atoms with Gasteiger partial charge in [-0.15, -0.1) is 0 Å². The Balaban J connectivity index is 1.91. The first-order chi connectivity index (χ1) is 14.9. The Bertz CT molecular complexity index is 1130. The van der Waals surface area contributed by atoms with E-state index in [0.717, 1.165) is 48.6 Å². The SMILES string of the molecule is CCC(OC(C)=O)c1ccc(Cl)c2nc3n(c12)CCCCN3c1ccc(OC)cc1Cl. The molecule has 4 rings (SSSR count). The molecule has 8 heteroatoms. The van der Waals surface area contributed by atoms with Crippen LogP contribution in [0.4, 0.5) is 11.6 Å². The zero-order chi connectivity index (χ0) is 22.1. The lowest BCUT2D eigenvalue weighted by Gasteiger charge is -2.24. The van der Waals surface area contributed by atoms with Gasteiger partial charge in [0.15, 0.2) is 0 Å². The molecule has 0 fully saturated rings. The maximum Gasteiger partial charge on any atom is 0.303 e. The monoisotopic (exact) mass is 461 g/mol. The number of halogens is 2. The number of nitrogens with zero attached hydrogens (tertiary/aromatic N) is 3. The second-order valence-electron chi connectivity index (χ2n) is 7.58. The quantitative estimate of drug-likeness (QED) is 0.417. The van der Waals surface area contributed by atoms with Gasteiger partial charge in [0, 0.05) is 31.6 Å². The summed E-state index contributed by atoms with van der Waals surface area (Å²) < 4.78 is 13.1. The summed E-state index contributed by atoms with van der Waals surface area (Å²) in [5, 5.41) is 1.16. The van der Waals surface area contributed by atoms with Gasteiger partial charge in [-0.1, -0.05) is 36.2 Å². The Kier molecular flexibility index (Phi) is 6.30. The molecule has 0 saturated carbocycles. The zero-order valence-corrected chi connectivity index (χ0v) is 19.3. The summed E-state index contributed by atoms with van der Waals surface area (Å²) >= 11 is 13.2. The highest BCUT2D eigenvalue weighted by atomic mass is 35.5. The molecule has 1 aliphatic heterocycles. The minimum atomic E-state index is -0.362. The number of carbonyl (C=O) groups excluding carboxylic acids is 1. The van der Waals surface area contributed by atoms with Gasteiger partial charge in [-0.25, -0.2) is 4.98 Å². The second-order valence-corrected chi connectivity index (χ2v) is 8.39. The van der Waals surface area contributed by atoms with E-state index in [2.05, 4.69) is 9.47 Å². The molecule has 6 nitrogen and oxygen atoms in total. The van der Waals surface area contributed by atoms with Crippen molar-refractivity contribution in [3.8, 4) is 5.75 Å². The molecule has 0 spiro atoms. The number of carbonyl (C=O) groups is 1. The highest BCUT2D eigenvalue weighted by Crippen LogP contribution is 2.41. The van der Waals surface area contributed by atoms with E-state index in [-0.39, 0.29) is 12.1 Å². The highest BCUT2D eigenvalue weighted by Gasteiger charge is 2.27. The van der Waals surface area contributed by atoms with E-state index in [1.165, 1.54) is 6.92 Å². The number of methoxy groups -OCH3 is 1. The minimum Gasteiger partial charge on any atom is -0.497 e. The Morgan fingerprint density at radius 1 is 1.16 bits per heavy atom. The number of aryl methyl sites for hydroxylation is 1. The number of anilines is 2. The van der Waals surface area contributed by atoms with Crippen LogP contribution in [0.3, 0.4) is 0 Å². The van der Waals surface area contributed by atoms with Gasteiger partial charge in [-0.05, 0) is 37.5 Å². The molecule has 0 amide bonds. The average Bonchev–Trinajstić information content (AvgIpc) is 3.01. The van der Waals surface area contributed by atoms with Gasteiger partial charge in [-0.2, -0.15) is 0 Å². The van der Waals surface area contributed by atoms with Crippen LogP contribution in [0, 0.1) is 0 Å². The molecule has 1 aromatic heterocycles. The van der Waals surface area contributed by atoms with E-state index in [4.69, 9.17) is 37.7 Å². The molecule has 3 aromatic rings. The van der Waals surface area contributed by atoms with Crippen molar-refractivity contribution in [2.75, 3.05) is 18.6 Å². The number of hydrogen-bond donors (Lipinski definition) is 0. The number of ether oxygens (including phenoxy) is 2. The van der Waals surface area contributed by atoms with Crippen LogP contribution in [0.15, 0.2) is 30.3 Å². The summed E-state index contributed by atoms with van der Waals surface area (Å²) in [6, 6.07) is 9.41. The molecule has 1 unspecified atom stereocenters. The van der Waals surface area contributed by atoms with Gasteiger partial charge in [-0.3, -0.25) is 4.79 Å². The second kappa shape index (κ2) is 8.97. The third kappa shape index (κ3) is 4.06. The van der Waals surface area contributed by atoms with Crippen molar-refractivity contribution in [1.82, 2.24) is 9.55 Å². The number of hydrogen-bond acceptors (Lipinski definition) is 5. The topological polar surface area (TPSA) is 56.6 Å². The van der Waals surface area contributed by atoms with Crippen LogP contribution in [0.5, 0.6) is 5.75 Å². The van der Waals surface area contributed by atoms with Crippen LogP contribution in [-0.2, 0) is 16.1 Å². The van der Waals surface area contributed by atoms with Crippen molar-refractivity contribution in [2.24, 2.45) is 0 Å². The van der Waals surface area contributed by atoms with Crippen LogP contribution in [0.25, 0.3) is 11.0 Å². The Morgan fingerprint density at radius 3 is 2.61 bits per heavy atom. The molecule has 1 aliphatic rings. The number of rotatable bonds is 5. The van der Waals surface area contributed by atoms with Gasteiger partial charge < -0.3 is 18.9 Å². The van der Waals surface area contributed by atoms with Crippen molar-refractivity contribution in [1.29, 1.82) is 0 Å². The lowest BCUT2D eigenvalue weighted by Crippen LogP contribution is -2.20. The minimum absolute atomic E-state index is 0.308. The Labute approximate surface area is 191 Å². The molecule has 0 bridgehead atoms. The van der Waals surface area contributed by atoms with Gasteiger partial charge >= 0.3 is 5.97 Å². The first-order valence-electron chi connectivity index (χ1n) is 10.4. The predicted octanol–water partition coefficient (Wildman–Crippen LogP) is 6.30. The molecule has 0 radical (unpaired) electrons. The summed E-state index contributed by atoms with van der Waals surface area (Å²) in [4.78, 5) is 18.8. The molecular formula is C23H25Cl2N3O3. The fourth-order valence-corrected chi connectivity index (χ4v) is 4.63. The van der Waals surface area contributed by atoms with Gasteiger partial charge in [0.1, 0.15) is 17.4 Å². The Hall–Kier alpha value is -2.44. The largest absolute Gasteiger partial charge is 0.497 e. The maximum atomic E-state index is 11.7. The van der Waals surface area contributed by atoms with Crippen LogP contribution >= 0.6 is 23.2 Å². The molecule has 0 aliphatic carbocycles. The molecule has 0 N–H and O–H groups in total. The third-order valence-corrected chi connectivity index (χ3v) is 6.19. The van der Waals surface area contributed by atoms with Gasteiger partial charge in [0.2, 0.25) is 5.95 Å². The third-order valence-electron chi connectivity index (χ3n) is 5.58. The molecule has 2 heterocycles. The standard InChI is InChI=1S/C23H25Cl2N3O3/c1-4-20(31-14(2)29)16-8-9-17(24)21-22(16)28-12-6-5-11-27(23(28)26-21)19-10-7-15(30-3)13-18(19)25/h7-10,13,20H,4-6,11-12H2,1-3H3. The predicted molar refractivity (Wildman–Crippen MR) is 124 cm³/mol. The zero-order valence-electron chi connectivity index (χ0n) is 17.8. The Morgan fingerprint density at radius 2 is 1.94 bits per heavy atom. The molecule has 164 valence electrons. The van der Waals surface area contributed by atoms with Crippen molar-refractivity contribution in [3.05, 3.63) is 45.9 Å². The molecular weight excluding hydrogens is 437 g/mol. The summed E-state index contributed by atoms with van der Waals surface area (Å²) in [7, 11) is 1.62. The maximum absolute atomic E-state index is 11.7. The molecule has 0 saturated heterocycles. The summed E-state index contributed by atoms with van der Waals surface area (Å²) in [6.07, 6.45) is 2.27. The first kappa shape index (κ1) is 21.8. The van der Waals surface area contributed by atoms with Crippen LogP contribution < -0.4 is 9.64 Å². The fourth-order valence-electron chi connectivity index (χ4n) is 4.17. The number of benzene rings is 2. The van der Waals surface area contributed by atoms with Crippen molar-refractivity contribution < 1.29 is 14.3 Å². The van der Waals surface area contributed by atoms with Crippen LogP contribution in [0.2, 0.25) is 10.0 Å². The van der Waals surface area contributed by atoms with Crippen LogP contribution in [0.1, 0.15) is 44.8 Å². The normalized spacial score (nSPS) is 14.8. The number of esters is 1. The van der Waals surface area contributed by atoms with E-state index >= 15 is 0 Å². The fraction of sp³-hybridized carbons (Fsp3) is 0.391. The van der Waals surface area contributed by atoms with E-state index in [0.29, 0.717) is 27.7 Å². The van der Waals surface area contributed by atoms with Gasteiger partial charge in [0.05, 0.1) is 28.4 Å². The van der Waals surface area contributed by atoms with Crippen LogP contribution in [-0.4, -0.2) is 29.2 Å². The summed E-state index contributed by atoms with van der Waals surface area (Å²) in [5.41, 5.74) is 3.40. The summed E-state index contributed by atoms with van der Waals surface area (Å²) in [5.74, 6) is 1.18. The number of aromatic nitrogens is 2. The summed E-state index contributed by atoms with van der Waals surface area (Å²) in [6.45, 7) is 5.00. The molecule has 31 heavy (non-hydrogen) atoms. The number of fused-ring (bicyclic) bond motifs is 3. The van der Waals surface area contributed by atoms with E-state index in [9.17, 15) is 4.79 Å². The van der Waals surface area contributed by atoms with Crippen molar-refractivity contribution in [2.45, 2.75) is 45.8 Å². The van der Waals surface area contributed by atoms with Crippen molar-refractivity contribution >= 4 is 51.8 Å². The van der Waals surface area contributed by atoms with Crippen molar-refractivity contribution in [3.63, 3.8) is 0 Å². The number of imidazole rings is 1. The van der Waals surface area contributed by atoms with E-state index in [1.54, 1.807) is 13.2 Å². The smallest absolute Gasteiger partial charge is 0.303 e. The first-order valence-corrected chi connectivity index (χ1v) is 11.2. The van der Waals surface area contributed by atoms with E-state index < -0.39 is 0 Å². The lowest BCUT2D eigenvalue weighted by molar-refractivity contribution is -0.146. The lowest BCUT2D eigenvalue weighted by atomic mass is 10.0. The van der Waals surface area contributed by atoms with Gasteiger partial charge in [0.25, 0.3) is 0 Å². The van der Waals surface area contributed by atoms with E-state index in [1.807, 2.05) is 31.2 Å². The average molecular weight is 462 g/mol.